The predicted molar refractivity (Wildman–Crippen MR) is 59.7 cm³/mol. The number of rotatable bonds is 4. The fourth-order valence-electron chi connectivity index (χ4n) is 1.44. The first-order valence-corrected chi connectivity index (χ1v) is 5.65. The third-order valence-corrected chi connectivity index (χ3v) is 2.62. The molecule has 4 nitrogen and oxygen atoms in total. The Balaban J connectivity index is 2.28. The second-order valence-electron chi connectivity index (χ2n) is 3.11. The first-order chi connectivity index (χ1) is 7.42. The number of hydrogen-bond donors (Lipinski definition) is 1. The van der Waals surface area contributed by atoms with E-state index in [-0.39, 0.29) is 6.04 Å². The molecule has 0 spiro atoms. The quantitative estimate of drug-likeness (QED) is 0.851. The second-order valence-corrected chi connectivity index (χ2v) is 3.72. The van der Waals surface area contributed by atoms with Gasteiger partial charge in [-0.25, -0.2) is 0 Å². The maximum atomic E-state index is 4.11. The summed E-state index contributed by atoms with van der Waals surface area (Å²) in [5, 5.41) is 9.41. The van der Waals surface area contributed by atoms with Crippen molar-refractivity contribution in [1.29, 1.82) is 0 Å². The van der Waals surface area contributed by atoms with E-state index in [1.165, 1.54) is 11.5 Å². The molecule has 0 aliphatic rings. The summed E-state index contributed by atoms with van der Waals surface area (Å²) < 4.78 is 3.88. The van der Waals surface area contributed by atoms with Crippen LogP contribution in [0.3, 0.4) is 0 Å². The van der Waals surface area contributed by atoms with E-state index in [4.69, 9.17) is 0 Å². The molecule has 0 aliphatic carbocycles. The lowest BCUT2D eigenvalue weighted by Gasteiger charge is -2.14. The second kappa shape index (κ2) is 4.95. The largest absolute Gasteiger partial charge is 0.305 e. The van der Waals surface area contributed by atoms with Crippen LogP contribution in [-0.4, -0.2) is 21.1 Å². The van der Waals surface area contributed by atoms with Crippen LogP contribution in [0.2, 0.25) is 0 Å². The van der Waals surface area contributed by atoms with E-state index in [1.54, 1.807) is 6.20 Å². The van der Waals surface area contributed by atoms with Gasteiger partial charge < -0.3 is 5.32 Å². The van der Waals surface area contributed by atoms with Crippen molar-refractivity contribution in [2.45, 2.75) is 13.0 Å². The summed E-state index contributed by atoms with van der Waals surface area (Å²) in [6.07, 6.45) is 3.62. The van der Waals surface area contributed by atoms with Crippen LogP contribution in [0.25, 0.3) is 0 Å². The number of nitrogens with one attached hydrogen (secondary N) is 1. The van der Waals surface area contributed by atoms with Crippen LogP contribution in [0.4, 0.5) is 0 Å². The highest BCUT2D eigenvalue weighted by Gasteiger charge is 2.15. The molecule has 0 amide bonds. The number of aromatic nitrogens is 3. The van der Waals surface area contributed by atoms with Gasteiger partial charge in [-0.3, -0.25) is 4.98 Å². The van der Waals surface area contributed by atoms with Crippen molar-refractivity contribution in [3.63, 3.8) is 0 Å². The summed E-state index contributed by atoms with van der Waals surface area (Å²) in [7, 11) is 0. The molecule has 1 unspecified atom stereocenters. The van der Waals surface area contributed by atoms with Crippen LogP contribution in [0, 0.1) is 0 Å². The van der Waals surface area contributed by atoms with Crippen LogP contribution >= 0.6 is 11.5 Å². The van der Waals surface area contributed by atoms with Crippen LogP contribution in [0.5, 0.6) is 0 Å². The van der Waals surface area contributed by atoms with Gasteiger partial charge in [0, 0.05) is 17.8 Å². The Bertz CT molecular complexity index is 387. The molecule has 0 bridgehead atoms. The minimum absolute atomic E-state index is 0.0995. The normalized spacial score (nSPS) is 12.6. The van der Waals surface area contributed by atoms with Crippen molar-refractivity contribution in [2.24, 2.45) is 0 Å². The summed E-state index contributed by atoms with van der Waals surface area (Å²) in [6.45, 7) is 2.96. The monoisotopic (exact) mass is 220 g/mol. The Morgan fingerprint density at radius 3 is 3.07 bits per heavy atom. The Morgan fingerprint density at radius 2 is 2.47 bits per heavy atom. The van der Waals surface area contributed by atoms with Crippen LogP contribution in [-0.2, 0) is 0 Å². The molecule has 2 heterocycles. The molecule has 0 saturated carbocycles. The van der Waals surface area contributed by atoms with Crippen molar-refractivity contribution in [1.82, 2.24) is 19.9 Å². The van der Waals surface area contributed by atoms with Crippen molar-refractivity contribution in [2.75, 3.05) is 6.54 Å². The van der Waals surface area contributed by atoms with E-state index in [0.29, 0.717) is 0 Å². The number of hydrogen-bond acceptors (Lipinski definition) is 5. The highest BCUT2D eigenvalue weighted by Crippen LogP contribution is 2.19. The van der Waals surface area contributed by atoms with E-state index in [0.717, 1.165) is 17.8 Å². The van der Waals surface area contributed by atoms with Gasteiger partial charge in [-0.1, -0.05) is 17.5 Å². The molecule has 78 valence electrons. The Kier molecular flexibility index (Phi) is 3.37. The molecule has 2 aromatic heterocycles. The molecule has 0 fully saturated rings. The van der Waals surface area contributed by atoms with Crippen molar-refractivity contribution >= 4 is 11.5 Å². The van der Waals surface area contributed by atoms with Gasteiger partial charge in [0.2, 0.25) is 0 Å². The molecule has 0 radical (unpaired) electrons. The van der Waals surface area contributed by atoms with Crippen molar-refractivity contribution < 1.29 is 0 Å². The number of pyridine rings is 1. The molecule has 0 aliphatic heterocycles. The van der Waals surface area contributed by atoms with E-state index in [1.807, 2.05) is 23.7 Å². The molecule has 1 N–H and O–H groups in total. The zero-order chi connectivity index (χ0) is 10.5. The van der Waals surface area contributed by atoms with E-state index >= 15 is 0 Å². The van der Waals surface area contributed by atoms with Gasteiger partial charge in [-0.2, -0.15) is 0 Å². The van der Waals surface area contributed by atoms with E-state index < -0.39 is 0 Å². The first kappa shape index (κ1) is 10.2. The SMILES string of the molecule is CCNC(c1cccnc1)c1csnn1. The predicted octanol–water partition coefficient (Wildman–Crippen LogP) is 1.63. The highest BCUT2D eigenvalue weighted by atomic mass is 32.1. The minimum atomic E-state index is 0.0995. The zero-order valence-electron chi connectivity index (χ0n) is 8.42. The van der Waals surface area contributed by atoms with Gasteiger partial charge >= 0.3 is 0 Å². The Morgan fingerprint density at radius 1 is 1.53 bits per heavy atom. The smallest absolute Gasteiger partial charge is 0.0970 e. The van der Waals surface area contributed by atoms with Crippen LogP contribution in [0.15, 0.2) is 29.9 Å². The van der Waals surface area contributed by atoms with Gasteiger partial charge in [-0.15, -0.1) is 5.10 Å². The average Bonchev–Trinajstić information content (AvgIpc) is 2.80. The molecule has 1 atom stereocenters. The highest BCUT2D eigenvalue weighted by molar-refractivity contribution is 7.03. The maximum Gasteiger partial charge on any atom is 0.0970 e. The lowest BCUT2D eigenvalue weighted by molar-refractivity contribution is 0.612. The molecule has 15 heavy (non-hydrogen) atoms. The van der Waals surface area contributed by atoms with E-state index in [9.17, 15) is 0 Å². The van der Waals surface area contributed by atoms with Crippen molar-refractivity contribution in [3.05, 3.63) is 41.2 Å². The molecule has 5 heteroatoms. The lowest BCUT2D eigenvalue weighted by atomic mass is 10.1. The first-order valence-electron chi connectivity index (χ1n) is 4.82. The van der Waals surface area contributed by atoms with Crippen molar-refractivity contribution in [3.8, 4) is 0 Å². The third kappa shape index (κ3) is 2.37. The Labute approximate surface area is 92.5 Å². The molecule has 0 saturated heterocycles. The van der Waals surface area contributed by atoms with Gasteiger partial charge in [0.25, 0.3) is 0 Å². The fourth-order valence-corrected chi connectivity index (χ4v) is 1.92. The molecular formula is C10H12N4S. The maximum absolute atomic E-state index is 4.11. The van der Waals surface area contributed by atoms with Gasteiger partial charge in [-0.05, 0) is 29.7 Å². The summed E-state index contributed by atoms with van der Waals surface area (Å²) >= 11 is 1.37. The van der Waals surface area contributed by atoms with Gasteiger partial charge in [0.1, 0.15) is 0 Å². The minimum Gasteiger partial charge on any atom is -0.305 e. The van der Waals surface area contributed by atoms with Crippen LogP contribution < -0.4 is 5.32 Å². The standard InChI is InChI=1S/C10H12N4S/c1-2-12-10(9-7-15-14-13-9)8-4-3-5-11-6-8/h3-7,10,12H,2H2,1H3. The molecule has 2 rings (SSSR count). The summed E-state index contributed by atoms with van der Waals surface area (Å²) in [6, 6.07) is 4.07. The molecule has 0 aromatic carbocycles. The topological polar surface area (TPSA) is 50.7 Å². The summed E-state index contributed by atoms with van der Waals surface area (Å²) in [5.74, 6) is 0. The number of nitrogens with zero attached hydrogens (tertiary/aromatic N) is 3. The summed E-state index contributed by atoms with van der Waals surface area (Å²) in [4.78, 5) is 4.11. The van der Waals surface area contributed by atoms with Crippen LogP contribution in [0.1, 0.15) is 24.2 Å². The average molecular weight is 220 g/mol. The molecular weight excluding hydrogens is 208 g/mol. The Hall–Kier alpha value is -1.33. The molecule has 2 aromatic rings. The fraction of sp³-hybridized carbons (Fsp3) is 0.300. The zero-order valence-corrected chi connectivity index (χ0v) is 9.24. The van der Waals surface area contributed by atoms with Gasteiger partial charge in [0.05, 0.1) is 11.7 Å². The van der Waals surface area contributed by atoms with E-state index in [2.05, 4.69) is 26.8 Å². The summed E-state index contributed by atoms with van der Waals surface area (Å²) in [5.41, 5.74) is 2.07. The lowest BCUT2D eigenvalue weighted by Crippen LogP contribution is -2.22. The van der Waals surface area contributed by atoms with Gasteiger partial charge in [0.15, 0.2) is 0 Å². The third-order valence-electron chi connectivity index (χ3n) is 2.10.